The van der Waals surface area contributed by atoms with Gasteiger partial charge in [0.2, 0.25) is 5.78 Å². The lowest BCUT2D eigenvalue weighted by Gasteiger charge is -2.08. The third-order valence-corrected chi connectivity index (χ3v) is 4.75. The second-order valence-corrected chi connectivity index (χ2v) is 6.38. The summed E-state index contributed by atoms with van der Waals surface area (Å²) < 4.78 is 11.9. The first-order chi connectivity index (χ1) is 13.0. The SMILES string of the molecule is CCOc1ccc(-n2c(C)cn3c4c(=O)n(CC)c(=O)n(C)c4nc23)cc1. The van der Waals surface area contributed by atoms with E-state index in [1.54, 1.807) is 18.4 Å². The van der Waals surface area contributed by atoms with Crippen LogP contribution in [0.1, 0.15) is 19.5 Å². The molecule has 0 aliphatic heterocycles. The van der Waals surface area contributed by atoms with Crippen molar-refractivity contribution in [1.29, 1.82) is 0 Å². The maximum atomic E-state index is 12.8. The minimum Gasteiger partial charge on any atom is -0.494 e. The van der Waals surface area contributed by atoms with Crippen molar-refractivity contribution >= 4 is 16.9 Å². The molecule has 3 heterocycles. The zero-order valence-electron chi connectivity index (χ0n) is 15.8. The van der Waals surface area contributed by atoms with Crippen LogP contribution >= 0.6 is 0 Å². The van der Waals surface area contributed by atoms with E-state index in [4.69, 9.17) is 4.74 Å². The average molecular weight is 367 g/mol. The van der Waals surface area contributed by atoms with Gasteiger partial charge in [0.25, 0.3) is 5.56 Å². The van der Waals surface area contributed by atoms with Gasteiger partial charge in [-0.2, -0.15) is 4.98 Å². The quantitative estimate of drug-likeness (QED) is 0.552. The second kappa shape index (κ2) is 6.15. The van der Waals surface area contributed by atoms with E-state index in [1.165, 1.54) is 9.13 Å². The van der Waals surface area contributed by atoms with Crippen LogP contribution in [0.2, 0.25) is 0 Å². The molecule has 0 unspecified atom stereocenters. The van der Waals surface area contributed by atoms with Gasteiger partial charge in [-0.1, -0.05) is 0 Å². The highest BCUT2D eigenvalue weighted by molar-refractivity contribution is 5.76. The Labute approximate surface area is 154 Å². The first kappa shape index (κ1) is 17.1. The van der Waals surface area contributed by atoms with E-state index in [-0.39, 0.29) is 11.2 Å². The Morgan fingerprint density at radius 1 is 1.11 bits per heavy atom. The average Bonchev–Trinajstić information content (AvgIpc) is 3.16. The molecule has 8 nitrogen and oxygen atoms in total. The molecule has 0 saturated heterocycles. The maximum absolute atomic E-state index is 12.8. The molecule has 0 saturated carbocycles. The molecule has 0 atom stereocenters. The summed E-state index contributed by atoms with van der Waals surface area (Å²) >= 11 is 0. The maximum Gasteiger partial charge on any atom is 0.332 e. The molecule has 8 heteroatoms. The van der Waals surface area contributed by atoms with E-state index in [0.717, 1.165) is 17.1 Å². The number of hydrogen-bond donors (Lipinski definition) is 0. The molecule has 4 rings (SSSR count). The fourth-order valence-corrected chi connectivity index (χ4v) is 3.47. The highest BCUT2D eigenvalue weighted by atomic mass is 16.5. The summed E-state index contributed by atoms with van der Waals surface area (Å²) in [5, 5.41) is 0. The van der Waals surface area contributed by atoms with Crippen molar-refractivity contribution in [3.05, 3.63) is 57.0 Å². The molecule has 4 aromatic rings. The number of rotatable bonds is 4. The molecule has 0 N–H and O–H groups in total. The van der Waals surface area contributed by atoms with E-state index in [2.05, 4.69) is 4.98 Å². The fourth-order valence-electron chi connectivity index (χ4n) is 3.47. The normalized spacial score (nSPS) is 11.6. The molecule has 1 aromatic carbocycles. The fraction of sp³-hybridized carbons (Fsp3) is 0.316. The van der Waals surface area contributed by atoms with Crippen LogP contribution < -0.4 is 16.0 Å². The standard InChI is InChI=1S/C19H21N5O3/c1-5-22-17(25)15-16(21(4)19(22)26)20-18-23(15)11-12(3)24(18)13-7-9-14(10-8-13)27-6-2/h7-11H,5-6H2,1-4H3. The van der Waals surface area contributed by atoms with Gasteiger partial charge in [0.15, 0.2) is 11.2 Å². The summed E-state index contributed by atoms with van der Waals surface area (Å²) in [6.07, 6.45) is 1.87. The van der Waals surface area contributed by atoms with Gasteiger partial charge >= 0.3 is 5.69 Å². The highest BCUT2D eigenvalue weighted by Gasteiger charge is 2.20. The van der Waals surface area contributed by atoms with Crippen molar-refractivity contribution in [1.82, 2.24) is 23.1 Å². The molecule has 0 aliphatic rings. The largest absolute Gasteiger partial charge is 0.494 e. The molecule has 0 bridgehead atoms. The van der Waals surface area contributed by atoms with Crippen molar-refractivity contribution in [3.63, 3.8) is 0 Å². The second-order valence-electron chi connectivity index (χ2n) is 6.38. The van der Waals surface area contributed by atoms with Gasteiger partial charge < -0.3 is 4.74 Å². The summed E-state index contributed by atoms with van der Waals surface area (Å²) in [6.45, 7) is 6.60. The number of benzene rings is 1. The summed E-state index contributed by atoms with van der Waals surface area (Å²) in [6, 6.07) is 7.69. The van der Waals surface area contributed by atoms with Crippen LogP contribution in [0.3, 0.4) is 0 Å². The molecule has 3 aromatic heterocycles. The molecular formula is C19H21N5O3. The summed E-state index contributed by atoms with van der Waals surface area (Å²) in [4.78, 5) is 29.9. The molecule has 0 radical (unpaired) electrons. The zero-order valence-corrected chi connectivity index (χ0v) is 15.8. The first-order valence-corrected chi connectivity index (χ1v) is 8.91. The predicted molar refractivity (Wildman–Crippen MR) is 103 cm³/mol. The van der Waals surface area contributed by atoms with Gasteiger partial charge in [-0.15, -0.1) is 0 Å². The van der Waals surface area contributed by atoms with Gasteiger partial charge in [-0.25, -0.2) is 4.79 Å². The Hall–Kier alpha value is -3.29. The Morgan fingerprint density at radius 3 is 2.44 bits per heavy atom. The number of aromatic nitrogens is 5. The van der Waals surface area contributed by atoms with Gasteiger partial charge in [0.1, 0.15) is 5.75 Å². The molecule has 0 aliphatic carbocycles. The molecule has 0 amide bonds. The van der Waals surface area contributed by atoms with Crippen molar-refractivity contribution in [3.8, 4) is 11.4 Å². The van der Waals surface area contributed by atoms with Crippen LogP contribution in [0, 0.1) is 6.92 Å². The number of imidazole rings is 2. The summed E-state index contributed by atoms with van der Waals surface area (Å²) in [5.74, 6) is 1.39. The minimum absolute atomic E-state index is 0.313. The number of hydrogen-bond acceptors (Lipinski definition) is 4. The third kappa shape index (κ3) is 2.40. The number of fused-ring (bicyclic) bond motifs is 3. The van der Waals surface area contributed by atoms with E-state index >= 15 is 0 Å². The van der Waals surface area contributed by atoms with Gasteiger partial charge in [-0.05, 0) is 45.0 Å². The van der Waals surface area contributed by atoms with Crippen LogP contribution in [0.5, 0.6) is 5.75 Å². The summed E-state index contributed by atoms with van der Waals surface area (Å²) in [7, 11) is 1.64. The summed E-state index contributed by atoms with van der Waals surface area (Å²) in [5.41, 5.74) is 1.93. The van der Waals surface area contributed by atoms with E-state index in [0.29, 0.717) is 30.1 Å². The topological polar surface area (TPSA) is 75.5 Å². The van der Waals surface area contributed by atoms with Crippen molar-refractivity contribution in [2.24, 2.45) is 7.05 Å². The van der Waals surface area contributed by atoms with Crippen molar-refractivity contribution in [2.45, 2.75) is 27.3 Å². The predicted octanol–water partition coefficient (Wildman–Crippen LogP) is 1.87. The first-order valence-electron chi connectivity index (χ1n) is 8.91. The molecule has 0 spiro atoms. The van der Waals surface area contributed by atoms with Crippen LogP contribution in [-0.4, -0.2) is 29.7 Å². The molecular weight excluding hydrogens is 346 g/mol. The van der Waals surface area contributed by atoms with E-state index < -0.39 is 0 Å². The number of aryl methyl sites for hydroxylation is 2. The number of nitrogens with zero attached hydrogens (tertiary/aromatic N) is 5. The Balaban J connectivity index is 2.04. The monoisotopic (exact) mass is 367 g/mol. The van der Waals surface area contributed by atoms with Crippen LogP contribution in [0.4, 0.5) is 0 Å². The lowest BCUT2D eigenvalue weighted by atomic mass is 10.3. The Morgan fingerprint density at radius 2 is 1.81 bits per heavy atom. The van der Waals surface area contributed by atoms with Crippen LogP contribution in [-0.2, 0) is 13.6 Å². The molecule has 0 fully saturated rings. The lowest BCUT2D eigenvalue weighted by Crippen LogP contribution is -2.38. The highest BCUT2D eigenvalue weighted by Crippen LogP contribution is 2.22. The zero-order chi connectivity index (χ0) is 19.3. The van der Waals surface area contributed by atoms with Crippen molar-refractivity contribution < 1.29 is 4.74 Å². The van der Waals surface area contributed by atoms with Crippen LogP contribution in [0.15, 0.2) is 40.1 Å². The smallest absolute Gasteiger partial charge is 0.332 e. The van der Waals surface area contributed by atoms with E-state index in [9.17, 15) is 9.59 Å². The molecule has 140 valence electrons. The van der Waals surface area contributed by atoms with Gasteiger partial charge in [-0.3, -0.25) is 22.9 Å². The number of ether oxygens (including phenoxy) is 1. The molecule has 27 heavy (non-hydrogen) atoms. The Bertz CT molecular complexity index is 1270. The van der Waals surface area contributed by atoms with Gasteiger partial charge in [0, 0.05) is 31.2 Å². The minimum atomic E-state index is -0.361. The van der Waals surface area contributed by atoms with E-state index in [1.807, 2.05) is 48.9 Å². The van der Waals surface area contributed by atoms with Crippen molar-refractivity contribution in [2.75, 3.05) is 6.61 Å². The third-order valence-electron chi connectivity index (χ3n) is 4.75. The lowest BCUT2D eigenvalue weighted by molar-refractivity contribution is 0.340. The Kier molecular flexibility index (Phi) is 3.91. The van der Waals surface area contributed by atoms with Crippen LogP contribution in [0.25, 0.3) is 22.6 Å². The van der Waals surface area contributed by atoms with Gasteiger partial charge in [0.05, 0.1) is 6.61 Å².